The first-order valence-electron chi connectivity index (χ1n) is 12.7. The summed E-state index contributed by atoms with van der Waals surface area (Å²) in [5.41, 5.74) is 6.50. The van der Waals surface area contributed by atoms with Crippen molar-refractivity contribution in [2.75, 3.05) is 6.61 Å². The van der Waals surface area contributed by atoms with Gasteiger partial charge in [0.25, 0.3) is 5.91 Å². The summed E-state index contributed by atoms with van der Waals surface area (Å²) in [5.74, 6) is -1.88. The summed E-state index contributed by atoms with van der Waals surface area (Å²) >= 11 is 0. The predicted molar refractivity (Wildman–Crippen MR) is 138 cm³/mol. The average Bonchev–Trinajstić information content (AvgIpc) is 2.86. The first-order valence-corrected chi connectivity index (χ1v) is 12.7. The number of phenolic OH excluding ortho intramolecular Hbond substituents is 1. The highest BCUT2D eigenvalue weighted by Crippen LogP contribution is 2.47. The number of carbonyl (C=O) groups excluding carboxylic acids is 4. The molecule has 0 fully saturated rings. The van der Waals surface area contributed by atoms with E-state index in [2.05, 4.69) is 0 Å². The van der Waals surface area contributed by atoms with E-state index in [0.717, 1.165) is 0 Å². The van der Waals surface area contributed by atoms with Crippen molar-refractivity contribution in [2.45, 2.75) is 63.9 Å². The lowest BCUT2D eigenvalue weighted by atomic mass is 9.83. The third kappa shape index (κ3) is 6.40. The van der Waals surface area contributed by atoms with E-state index in [0.29, 0.717) is 61.0 Å². The Morgan fingerprint density at radius 2 is 1.87 bits per heavy atom. The summed E-state index contributed by atoms with van der Waals surface area (Å²) in [6.07, 6.45) is 6.36. The number of Topliss-reactive ketones (excluding diaryl/α,β-unsaturated/α-hetero) is 1. The van der Waals surface area contributed by atoms with Crippen molar-refractivity contribution >= 4 is 29.7 Å². The number of primary amides is 1. The zero-order valence-electron chi connectivity index (χ0n) is 21.2. The molecule has 0 spiro atoms. The lowest BCUT2D eigenvalue weighted by Gasteiger charge is -2.28. The summed E-state index contributed by atoms with van der Waals surface area (Å²) in [4.78, 5) is 48.9. The van der Waals surface area contributed by atoms with Crippen LogP contribution in [0.4, 0.5) is 0 Å². The Morgan fingerprint density at radius 3 is 2.61 bits per heavy atom. The van der Waals surface area contributed by atoms with Crippen LogP contribution in [0.1, 0.15) is 84.8 Å². The second-order valence-corrected chi connectivity index (χ2v) is 9.60. The molecule has 2 atom stereocenters. The zero-order chi connectivity index (χ0) is 27.2. The second-order valence-electron chi connectivity index (χ2n) is 9.60. The van der Waals surface area contributed by atoms with Crippen LogP contribution in [-0.2, 0) is 19.1 Å². The molecule has 2 unspecified atom stereocenters. The molecule has 0 saturated carbocycles. The number of phenols is 1. The smallest absolute Gasteiger partial charge is 0.342 e. The quantitative estimate of drug-likeness (QED) is 0.451. The molecule has 1 amide bonds. The largest absolute Gasteiger partial charge is 0.507 e. The third-order valence-electron chi connectivity index (χ3n) is 6.64. The van der Waals surface area contributed by atoms with Crippen LogP contribution in [0.2, 0.25) is 0 Å². The molecule has 0 radical (unpaired) electrons. The Morgan fingerprint density at radius 1 is 1.13 bits per heavy atom. The van der Waals surface area contributed by atoms with Crippen molar-refractivity contribution in [2.24, 2.45) is 5.73 Å². The fraction of sp³-hybridized carbons (Fsp3) is 0.379. The van der Waals surface area contributed by atoms with Crippen molar-refractivity contribution in [1.82, 2.24) is 0 Å². The molecule has 2 aromatic carbocycles. The van der Waals surface area contributed by atoms with Gasteiger partial charge in [0.2, 0.25) is 0 Å². The molecule has 9 heteroatoms. The molecule has 3 N–H and O–H groups in total. The van der Waals surface area contributed by atoms with E-state index in [9.17, 15) is 24.3 Å². The molecule has 0 aliphatic carbocycles. The van der Waals surface area contributed by atoms with Gasteiger partial charge in [-0.15, -0.1) is 0 Å². The standard InChI is InChI=1S/C29H31NO8/c1-17-6-5-9-20(31)8-4-2-3-7-19-14-23-27(28(34)26(19)29(35)37-17)22(15-25(33)38-23)18-10-12-21(13-11-18)36-16-24(30)32/h3,7,10-14,17,22,34H,2,4-6,8-9,15-16H2,1H3,(H2,30,32)/b7-3+. The Bertz CT molecular complexity index is 1260. The number of fused-ring (bicyclic) bond motifs is 2. The predicted octanol–water partition coefficient (Wildman–Crippen LogP) is 4.18. The number of ketones is 1. The molecule has 2 aromatic rings. The minimum Gasteiger partial charge on any atom is -0.507 e. The number of carbonyl (C=O) groups is 4. The van der Waals surface area contributed by atoms with Crippen molar-refractivity contribution < 1.29 is 38.5 Å². The molecule has 0 aromatic heterocycles. The highest BCUT2D eigenvalue weighted by atomic mass is 16.5. The fourth-order valence-corrected chi connectivity index (χ4v) is 4.75. The third-order valence-corrected chi connectivity index (χ3v) is 6.64. The van der Waals surface area contributed by atoms with Crippen LogP contribution in [0.15, 0.2) is 36.4 Å². The minimum absolute atomic E-state index is 0.00402. The van der Waals surface area contributed by atoms with Crippen LogP contribution in [0.5, 0.6) is 17.2 Å². The maximum Gasteiger partial charge on any atom is 0.342 e. The van der Waals surface area contributed by atoms with E-state index in [-0.39, 0.29) is 35.9 Å². The van der Waals surface area contributed by atoms with Gasteiger partial charge in [0, 0.05) is 24.3 Å². The number of cyclic esters (lactones) is 1. The number of nitrogens with two attached hydrogens (primary N) is 1. The van der Waals surface area contributed by atoms with Crippen LogP contribution >= 0.6 is 0 Å². The fourth-order valence-electron chi connectivity index (χ4n) is 4.75. The summed E-state index contributed by atoms with van der Waals surface area (Å²) in [5, 5.41) is 11.4. The van der Waals surface area contributed by atoms with Gasteiger partial charge >= 0.3 is 11.9 Å². The van der Waals surface area contributed by atoms with E-state index in [1.54, 1.807) is 43.3 Å². The summed E-state index contributed by atoms with van der Waals surface area (Å²) in [6.45, 7) is 1.49. The maximum atomic E-state index is 13.3. The van der Waals surface area contributed by atoms with Crippen LogP contribution in [0.25, 0.3) is 6.08 Å². The Balaban J connectivity index is 1.74. The van der Waals surface area contributed by atoms with Gasteiger partial charge in [0.15, 0.2) is 6.61 Å². The molecule has 9 nitrogen and oxygen atoms in total. The number of aromatic hydroxyl groups is 1. The van der Waals surface area contributed by atoms with Gasteiger partial charge < -0.3 is 25.1 Å². The molecule has 2 aliphatic heterocycles. The van der Waals surface area contributed by atoms with Crippen molar-refractivity contribution in [3.8, 4) is 17.2 Å². The average molecular weight is 522 g/mol. The number of esters is 2. The molecule has 2 aliphatic rings. The van der Waals surface area contributed by atoms with E-state index < -0.39 is 29.9 Å². The van der Waals surface area contributed by atoms with E-state index in [1.165, 1.54) is 0 Å². The zero-order valence-corrected chi connectivity index (χ0v) is 21.2. The van der Waals surface area contributed by atoms with E-state index in [4.69, 9.17) is 19.9 Å². The van der Waals surface area contributed by atoms with Gasteiger partial charge in [0.05, 0.1) is 12.5 Å². The maximum absolute atomic E-state index is 13.3. The molecular weight excluding hydrogens is 490 g/mol. The first kappa shape index (κ1) is 26.9. The molecule has 38 heavy (non-hydrogen) atoms. The van der Waals surface area contributed by atoms with Gasteiger partial charge in [-0.2, -0.15) is 0 Å². The molecule has 4 rings (SSSR count). The normalized spacial score (nSPS) is 21.2. The Labute approximate surface area is 220 Å². The topological polar surface area (TPSA) is 142 Å². The molecular formula is C29H31NO8. The summed E-state index contributed by atoms with van der Waals surface area (Å²) in [6, 6.07) is 8.28. The summed E-state index contributed by atoms with van der Waals surface area (Å²) in [7, 11) is 0. The SMILES string of the molecule is CC1CCCC(=O)CCC/C=C/c2cc3c(c(O)c2C(=O)O1)C(c1ccc(OCC(N)=O)cc1)CC(=O)O3. The lowest BCUT2D eigenvalue weighted by Crippen LogP contribution is -2.23. The lowest BCUT2D eigenvalue weighted by molar-refractivity contribution is -0.135. The molecule has 200 valence electrons. The summed E-state index contributed by atoms with van der Waals surface area (Å²) < 4.78 is 16.4. The van der Waals surface area contributed by atoms with Gasteiger partial charge in [-0.25, -0.2) is 4.79 Å². The molecule has 0 bridgehead atoms. The number of hydrogen-bond donors (Lipinski definition) is 2. The van der Waals surface area contributed by atoms with Crippen LogP contribution in [-0.4, -0.2) is 41.4 Å². The Hall–Kier alpha value is -4.14. The number of rotatable bonds is 4. The van der Waals surface area contributed by atoms with E-state index >= 15 is 0 Å². The first-order chi connectivity index (χ1) is 18.2. The van der Waals surface area contributed by atoms with Gasteiger partial charge in [-0.3, -0.25) is 14.4 Å². The monoisotopic (exact) mass is 521 g/mol. The number of hydrogen-bond acceptors (Lipinski definition) is 8. The van der Waals surface area contributed by atoms with E-state index in [1.807, 2.05) is 6.08 Å². The number of amides is 1. The van der Waals surface area contributed by atoms with Crippen molar-refractivity contribution in [3.05, 3.63) is 58.7 Å². The molecule has 2 heterocycles. The second kappa shape index (κ2) is 11.9. The molecule has 0 saturated heterocycles. The van der Waals surface area contributed by atoms with Gasteiger partial charge in [0.1, 0.15) is 28.6 Å². The number of ether oxygens (including phenoxy) is 3. The van der Waals surface area contributed by atoms with Crippen molar-refractivity contribution in [3.63, 3.8) is 0 Å². The van der Waals surface area contributed by atoms with Gasteiger partial charge in [-0.05, 0) is 61.9 Å². The number of allylic oxidation sites excluding steroid dienone is 1. The van der Waals surface area contributed by atoms with Crippen LogP contribution in [0.3, 0.4) is 0 Å². The minimum atomic E-state index is -0.688. The Kier molecular flexibility index (Phi) is 8.45. The number of benzene rings is 2. The highest BCUT2D eigenvalue weighted by Gasteiger charge is 2.35. The van der Waals surface area contributed by atoms with Crippen LogP contribution < -0.4 is 15.2 Å². The van der Waals surface area contributed by atoms with Gasteiger partial charge in [-0.1, -0.05) is 24.3 Å². The van der Waals surface area contributed by atoms with Crippen molar-refractivity contribution in [1.29, 1.82) is 0 Å². The highest BCUT2D eigenvalue weighted by molar-refractivity contribution is 5.98. The van der Waals surface area contributed by atoms with Crippen LogP contribution in [0, 0.1) is 0 Å².